The number of carbonyl (C=O) groups excluding carboxylic acids is 1. The number of aryl methyl sites for hydroxylation is 1. The molecule has 6 nitrogen and oxygen atoms in total. The third kappa shape index (κ3) is 3.71. The number of aliphatic hydroxyl groups excluding tert-OH is 1. The van der Waals surface area contributed by atoms with Crippen LogP contribution in [0.1, 0.15) is 35.7 Å². The van der Waals surface area contributed by atoms with Crippen molar-refractivity contribution >= 4 is 23.3 Å². The minimum Gasteiger partial charge on any atom is -0.479 e. The van der Waals surface area contributed by atoms with E-state index in [9.17, 15) is 9.59 Å². The van der Waals surface area contributed by atoms with Crippen LogP contribution in [0.3, 0.4) is 0 Å². The Morgan fingerprint density at radius 3 is 3.05 bits per heavy atom. The third-order valence-electron chi connectivity index (χ3n) is 3.35. The first-order valence-electron chi connectivity index (χ1n) is 6.59. The van der Waals surface area contributed by atoms with E-state index < -0.39 is 12.1 Å². The van der Waals surface area contributed by atoms with Gasteiger partial charge in [0.05, 0.1) is 6.04 Å². The number of aliphatic carboxylic acids is 1. The zero-order valence-electron chi connectivity index (χ0n) is 11.0. The van der Waals surface area contributed by atoms with E-state index in [0.29, 0.717) is 0 Å². The number of amides is 2. The number of thiophene rings is 1. The van der Waals surface area contributed by atoms with Crippen molar-refractivity contribution in [1.82, 2.24) is 10.6 Å². The second-order valence-electron chi connectivity index (χ2n) is 4.79. The minimum absolute atomic E-state index is 0.00286. The monoisotopic (exact) mass is 298 g/mol. The number of aliphatic hydroxyl groups is 1. The Morgan fingerprint density at radius 1 is 1.50 bits per heavy atom. The summed E-state index contributed by atoms with van der Waals surface area (Å²) in [6.07, 6.45) is 1.59. The molecule has 1 aromatic heterocycles. The van der Waals surface area contributed by atoms with Crippen molar-refractivity contribution in [2.24, 2.45) is 0 Å². The lowest BCUT2D eigenvalue weighted by molar-refractivity contribution is -0.146. The number of carboxylic acid groups (broad SMARTS) is 1. The summed E-state index contributed by atoms with van der Waals surface area (Å²) in [4.78, 5) is 23.5. The van der Waals surface area contributed by atoms with Crippen LogP contribution in [0.4, 0.5) is 4.79 Å². The molecule has 1 aromatic rings. The molecule has 0 saturated carbocycles. The molecule has 2 amide bonds. The lowest BCUT2D eigenvalue weighted by atomic mass is 9.94. The van der Waals surface area contributed by atoms with E-state index >= 15 is 0 Å². The summed E-state index contributed by atoms with van der Waals surface area (Å²) in [5.74, 6) is -1.28. The van der Waals surface area contributed by atoms with Crippen LogP contribution in [0.2, 0.25) is 0 Å². The van der Waals surface area contributed by atoms with E-state index in [1.165, 1.54) is 10.4 Å². The van der Waals surface area contributed by atoms with Crippen molar-refractivity contribution in [2.45, 2.75) is 37.8 Å². The van der Waals surface area contributed by atoms with Gasteiger partial charge in [0, 0.05) is 17.8 Å². The molecule has 0 fully saturated rings. The van der Waals surface area contributed by atoms with E-state index in [-0.39, 0.29) is 25.0 Å². The summed E-state index contributed by atoms with van der Waals surface area (Å²) in [5, 5.41) is 25.1. The van der Waals surface area contributed by atoms with Crippen LogP contribution >= 0.6 is 11.3 Å². The van der Waals surface area contributed by atoms with Crippen LogP contribution in [0.15, 0.2) is 11.4 Å². The predicted molar refractivity (Wildman–Crippen MR) is 74.8 cm³/mol. The maximum absolute atomic E-state index is 11.7. The fourth-order valence-corrected chi connectivity index (χ4v) is 3.28. The molecule has 0 aromatic carbocycles. The minimum atomic E-state index is -1.44. The molecular weight excluding hydrogens is 280 g/mol. The van der Waals surface area contributed by atoms with Gasteiger partial charge in [-0.2, -0.15) is 0 Å². The van der Waals surface area contributed by atoms with E-state index in [1.54, 1.807) is 11.3 Å². The van der Waals surface area contributed by atoms with Gasteiger partial charge in [-0.25, -0.2) is 9.59 Å². The van der Waals surface area contributed by atoms with Crippen LogP contribution in [-0.2, 0) is 11.2 Å². The quantitative estimate of drug-likeness (QED) is 0.657. The number of urea groups is 1. The van der Waals surface area contributed by atoms with Gasteiger partial charge >= 0.3 is 12.0 Å². The number of carboxylic acids is 1. The predicted octanol–water partition coefficient (Wildman–Crippen LogP) is 1.26. The van der Waals surface area contributed by atoms with Crippen LogP contribution in [0.25, 0.3) is 0 Å². The highest BCUT2D eigenvalue weighted by molar-refractivity contribution is 7.10. The first-order valence-corrected chi connectivity index (χ1v) is 7.47. The topological polar surface area (TPSA) is 98.7 Å². The molecule has 2 rings (SSSR count). The normalized spacial score (nSPS) is 18.9. The molecule has 0 radical (unpaired) electrons. The number of fused-ring (bicyclic) bond motifs is 1. The second-order valence-corrected chi connectivity index (χ2v) is 5.79. The SMILES string of the molecule is O=C(NCC[C@H](O)C(=O)O)NC1CCCc2sccc21. The van der Waals surface area contributed by atoms with Crippen molar-refractivity contribution in [3.05, 3.63) is 21.9 Å². The molecule has 0 saturated heterocycles. The van der Waals surface area contributed by atoms with Gasteiger partial charge in [0.2, 0.25) is 0 Å². The molecule has 1 aliphatic carbocycles. The zero-order chi connectivity index (χ0) is 14.5. The average Bonchev–Trinajstić information content (AvgIpc) is 2.87. The Kier molecular flexibility index (Phi) is 4.97. The number of nitrogens with one attached hydrogen (secondary N) is 2. The van der Waals surface area contributed by atoms with E-state index in [2.05, 4.69) is 10.6 Å². The van der Waals surface area contributed by atoms with Crippen LogP contribution in [0, 0.1) is 0 Å². The lowest BCUT2D eigenvalue weighted by Gasteiger charge is -2.23. The maximum Gasteiger partial charge on any atom is 0.332 e. The van der Waals surface area contributed by atoms with Gasteiger partial charge in [0.15, 0.2) is 6.10 Å². The highest BCUT2D eigenvalue weighted by atomic mass is 32.1. The molecule has 0 bridgehead atoms. The molecule has 0 aliphatic heterocycles. The van der Waals surface area contributed by atoms with Crippen molar-refractivity contribution < 1.29 is 19.8 Å². The van der Waals surface area contributed by atoms with Gasteiger partial charge in [-0.3, -0.25) is 0 Å². The number of hydrogen-bond donors (Lipinski definition) is 4. The molecule has 1 unspecified atom stereocenters. The van der Waals surface area contributed by atoms with Crippen molar-refractivity contribution in [3.63, 3.8) is 0 Å². The summed E-state index contributed by atoms with van der Waals surface area (Å²) >= 11 is 1.71. The number of hydrogen-bond acceptors (Lipinski definition) is 4. The average molecular weight is 298 g/mol. The van der Waals surface area contributed by atoms with E-state index in [0.717, 1.165) is 19.3 Å². The fourth-order valence-electron chi connectivity index (χ4n) is 2.29. The number of carbonyl (C=O) groups is 2. The Morgan fingerprint density at radius 2 is 2.30 bits per heavy atom. The Bertz CT molecular complexity index is 488. The zero-order valence-corrected chi connectivity index (χ0v) is 11.8. The molecule has 1 heterocycles. The molecule has 20 heavy (non-hydrogen) atoms. The van der Waals surface area contributed by atoms with Gasteiger partial charge in [0.1, 0.15) is 0 Å². The second kappa shape index (κ2) is 6.71. The molecule has 1 aliphatic rings. The summed E-state index contributed by atoms with van der Waals surface area (Å²) in [7, 11) is 0. The molecule has 2 atom stereocenters. The maximum atomic E-state index is 11.7. The summed E-state index contributed by atoms with van der Waals surface area (Å²) < 4.78 is 0. The van der Waals surface area contributed by atoms with Crippen LogP contribution < -0.4 is 10.6 Å². The van der Waals surface area contributed by atoms with Gasteiger partial charge in [-0.1, -0.05) is 0 Å². The first-order chi connectivity index (χ1) is 9.58. The van der Waals surface area contributed by atoms with Gasteiger partial charge < -0.3 is 20.8 Å². The lowest BCUT2D eigenvalue weighted by Crippen LogP contribution is -2.40. The summed E-state index contributed by atoms with van der Waals surface area (Å²) in [5.41, 5.74) is 1.18. The Labute approximate surface area is 120 Å². The molecule has 110 valence electrons. The highest BCUT2D eigenvalue weighted by Crippen LogP contribution is 2.33. The van der Waals surface area contributed by atoms with Crippen molar-refractivity contribution in [3.8, 4) is 0 Å². The molecule has 4 N–H and O–H groups in total. The molecule has 7 heteroatoms. The smallest absolute Gasteiger partial charge is 0.332 e. The Hall–Kier alpha value is -1.60. The molecular formula is C13H18N2O4S. The third-order valence-corrected chi connectivity index (χ3v) is 4.34. The summed E-state index contributed by atoms with van der Waals surface area (Å²) in [6, 6.07) is 1.74. The van der Waals surface area contributed by atoms with Gasteiger partial charge in [0.25, 0.3) is 0 Å². The summed E-state index contributed by atoms with van der Waals surface area (Å²) in [6.45, 7) is 0.127. The van der Waals surface area contributed by atoms with Crippen LogP contribution in [-0.4, -0.2) is 34.9 Å². The largest absolute Gasteiger partial charge is 0.479 e. The fraction of sp³-hybridized carbons (Fsp3) is 0.538. The Balaban J connectivity index is 1.77. The molecule has 0 spiro atoms. The van der Waals surface area contributed by atoms with E-state index in [4.69, 9.17) is 10.2 Å². The van der Waals surface area contributed by atoms with Gasteiger partial charge in [-0.15, -0.1) is 11.3 Å². The van der Waals surface area contributed by atoms with E-state index in [1.807, 2.05) is 11.4 Å². The standard InChI is InChI=1S/C13H18N2O4S/c16-10(12(17)18)4-6-14-13(19)15-9-2-1-3-11-8(9)5-7-20-11/h5,7,9-10,16H,1-4,6H2,(H,17,18)(H2,14,15,19)/t9?,10-/m0/s1. The highest BCUT2D eigenvalue weighted by Gasteiger charge is 2.22. The van der Waals surface area contributed by atoms with Crippen LogP contribution in [0.5, 0.6) is 0 Å². The number of rotatable bonds is 5. The first kappa shape index (κ1) is 14.8. The van der Waals surface area contributed by atoms with Crippen molar-refractivity contribution in [1.29, 1.82) is 0 Å². The van der Waals surface area contributed by atoms with Gasteiger partial charge in [-0.05, 0) is 36.3 Å². The van der Waals surface area contributed by atoms with Crippen molar-refractivity contribution in [2.75, 3.05) is 6.54 Å².